The van der Waals surface area contributed by atoms with Gasteiger partial charge < -0.3 is 10.6 Å². The van der Waals surface area contributed by atoms with Crippen LogP contribution < -0.4 is 5.73 Å². The molecule has 0 radical (unpaired) electrons. The summed E-state index contributed by atoms with van der Waals surface area (Å²) in [6.45, 7) is 9.56. The number of nitrogens with two attached hydrogens (primary N) is 1. The van der Waals surface area contributed by atoms with E-state index >= 15 is 0 Å². The van der Waals surface area contributed by atoms with Gasteiger partial charge in [-0.2, -0.15) is 0 Å². The van der Waals surface area contributed by atoms with Gasteiger partial charge >= 0.3 is 0 Å². The SMILES string of the molecule is CC(C)N1CC(C)(C)N(C)C(CN)C1=O. The van der Waals surface area contributed by atoms with Crippen molar-refractivity contribution in [3.8, 4) is 0 Å². The first kappa shape index (κ1) is 12.5. The summed E-state index contributed by atoms with van der Waals surface area (Å²) in [5, 5.41) is 0. The Balaban J connectivity index is 2.95. The molecular weight excluding hydrogens is 190 g/mol. The van der Waals surface area contributed by atoms with Crippen molar-refractivity contribution in [2.24, 2.45) is 5.73 Å². The molecule has 0 aliphatic carbocycles. The van der Waals surface area contributed by atoms with Crippen molar-refractivity contribution in [2.75, 3.05) is 20.1 Å². The summed E-state index contributed by atoms with van der Waals surface area (Å²) < 4.78 is 0. The highest BCUT2D eigenvalue weighted by atomic mass is 16.2. The minimum absolute atomic E-state index is 0.00220. The molecule has 0 bridgehead atoms. The summed E-state index contributed by atoms with van der Waals surface area (Å²) in [7, 11) is 1.98. The first-order valence-corrected chi connectivity index (χ1v) is 5.54. The Bertz CT molecular complexity index is 246. The summed E-state index contributed by atoms with van der Waals surface area (Å²) >= 11 is 0. The molecule has 1 saturated heterocycles. The van der Waals surface area contributed by atoms with Crippen LogP contribution in [0.1, 0.15) is 27.7 Å². The van der Waals surface area contributed by atoms with Gasteiger partial charge in [0.1, 0.15) is 6.04 Å². The lowest BCUT2D eigenvalue weighted by Crippen LogP contribution is -2.68. The number of rotatable bonds is 2. The summed E-state index contributed by atoms with van der Waals surface area (Å²) in [5.41, 5.74) is 5.68. The predicted molar refractivity (Wildman–Crippen MR) is 61.5 cm³/mol. The third-order valence-electron chi connectivity index (χ3n) is 3.39. The molecule has 0 aromatic carbocycles. The van der Waals surface area contributed by atoms with Gasteiger partial charge in [0, 0.05) is 24.7 Å². The second kappa shape index (κ2) is 4.10. The van der Waals surface area contributed by atoms with Gasteiger partial charge in [0.15, 0.2) is 0 Å². The molecule has 0 spiro atoms. The first-order valence-electron chi connectivity index (χ1n) is 5.54. The van der Waals surface area contributed by atoms with Crippen molar-refractivity contribution in [1.29, 1.82) is 0 Å². The average molecular weight is 213 g/mol. The molecule has 4 nitrogen and oxygen atoms in total. The number of amides is 1. The van der Waals surface area contributed by atoms with Crippen LogP contribution in [0.5, 0.6) is 0 Å². The second-order valence-corrected chi connectivity index (χ2v) is 5.23. The van der Waals surface area contributed by atoms with Crippen LogP contribution in [-0.4, -0.2) is 53.5 Å². The summed E-state index contributed by atoms with van der Waals surface area (Å²) in [5.74, 6) is 0.161. The maximum absolute atomic E-state index is 12.1. The Kier molecular flexibility index (Phi) is 3.41. The molecule has 4 heteroatoms. The third-order valence-corrected chi connectivity index (χ3v) is 3.39. The number of carbonyl (C=O) groups excluding carboxylic acids is 1. The van der Waals surface area contributed by atoms with Gasteiger partial charge in [-0.1, -0.05) is 0 Å². The van der Waals surface area contributed by atoms with Crippen LogP contribution in [-0.2, 0) is 4.79 Å². The molecule has 0 aromatic rings. The maximum Gasteiger partial charge on any atom is 0.241 e. The Morgan fingerprint density at radius 3 is 2.47 bits per heavy atom. The minimum atomic E-state index is -0.170. The predicted octanol–water partition coefficient (Wildman–Crippen LogP) is 0.275. The van der Waals surface area contributed by atoms with Gasteiger partial charge in [0.05, 0.1) is 0 Å². The van der Waals surface area contributed by atoms with Gasteiger partial charge in [0.2, 0.25) is 5.91 Å². The molecule has 1 rings (SSSR count). The van der Waals surface area contributed by atoms with E-state index in [0.717, 1.165) is 6.54 Å². The van der Waals surface area contributed by atoms with Crippen LogP contribution in [0.25, 0.3) is 0 Å². The number of piperazine rings is 1. The number of likely N-dealkylation sites (N-methyl/N-ethyl adjacent to an activating group) is 1. The van der Waals surface area contributed by atoms with Crippen LogP contribution in [0.2, 0.25) is 0 Å². The van der Waals surface area contributed by atoms with E-state index in [-0.39, 0.29) is 23.5 Å². The molecule has 1 heterocycles. The Hall–Kier alpha value is -0.610. The minimum Gasteiger partial charge on any atom is -0.337 e. The molecule has 1 atom stereocenters. The second-order valence-electron chi connectivity index (χ2n) is 5.23. The Morgan fingerprint density at radius 1 is 1.53 bits per heavy atom. The van der Waals surface area contributed by atoms with E-state index in [0.29, 0.717) is 6.54 Å². The van der Waals surface area contributed by atoms with E-state index in [2.05, 4.69) is 18.7 Å². The molecular formula is C11H23N3O. The van der Waals surface area contributed by atoms with Crippen molar-refractivity contribution < 1.29 is 4.79 Å². The van der Waals surface area contributed by atoms with Crippen LogP contribution in [0, 0.1) is 0 Å². The molecule has 0 saturated carbocycles. The van der Waals surface area contributed by atoms with E-state index in [1.54, 1.807) is 0 Å². The van der Waals surface area contributed by atoms with E-state index in [1.807, 2.05) is 25.8 Å². The van der Waals surface area contributed by atoms with Crippen LogP contribution >= 0.6 is 0 Å². The highest BCUT2D eigenvalue weighted by molar-refractivity contribution is 5.83. The first-order chi connectivity index (χ1) is 6.81. The molecule has 88 valence electrons. The van der Waals surface area contributed by atoms with Gasteiger partial charge in [0.25, 0.3) is 0 Å². The molecule has 1 aliphatic heterocycles. The maximum atomic E-state index is 12.1. The van der Waals surface area contributed by atoms with E-state index in [9.17, 15) is 4.79 Å². The zero-order chi connectivity index (χ0) is 11.8. The lowest BCUT2D eigenvalue weighted by molar-refractivity contribution is -0.150. The lowest BCUT2D eigenvalue weighted by Gasteiger charge is -2.50. The lowest BCUT2D eigenvalue weighted by atomic mass is 9.94. The van der Waals surface area contributed by atoms with E-state index < -0.39 is 0 Å². The van der Waals surface area contributed by atoms with E-state index in [4.69, 9.17) is 5.73 Å². The fourth-order valence-corrected chi connectivity index (χ4v) is 2.08. The van der Waals surface area contributed by atoms with Crippen molar-refractivity contribution in [3.63, 3.8) is 0 Å². The average Bonchev–Trinajstić information content (AvgIpc) is 2.12. The van der Waals surface area contributed by atoms with Gasteiger partial charge in [-0.15, -0.1) is 0 Å². The zero-order valence-electron chi connectivity index (χ0n) is 10.4. The van der Waals surface area contributed by atoms with Crippen molar-refractivity contribution in [1.82, 2.24) is 9.80 Å². The van der Waals surface area contributed by atoms with Crippen LogP contribution in [0.15, 0.2) is 0 Å². The number of nitrogens with zero attached hydrogens (tertiary/aromatic N) is 2. The number of hydrogen-bond donors (Lipinski definition) is 1. The highest BCUT2D eigenvalue weighted by Crippen LogP contribution is 2.25. The summed E-state index contributed by atoms with van der Waals surface area (Å²) in [6.07, 6.45) is 0. The molecule has 15 heavy (non-hydrogen) atoms. The van der Waals surface area contributed by atoms with Gasteiger partial charge in [-0.3, -0.25) is 9.69 Å². The van der Waals surface area contributed by atoms with Crippen LogP contribution in [0.3, 0.4) is 0 Å². The Morgan fingerprint density at radius 2 is 2.07 bits per heavy atom. The molecule has 1 fully saturated rings. The highest BCUT2D eigenvalue weighted by Gasteiger charge is 2.42. The van der Waals surface area contributed by atoms with E-state index in [1.165, 1.54) is 0 Å². The molecule has 1 amide bonds. The zero-order valence-corrected chi connectivity index (χ0v) is 10.4. The fourth-order valence-electron chi connectivity index (χ4n) is 2.08. The molecule has 2 N–H and O–H groups in total. The van der Waals surface area contributed by atoms with Crippen molar-refractivity contribution in [2.45, 2.75) is 45.3 Å². The molecule has 0 aromatic heterocycles. The standard InChI is InChI=1S/C11H23N3O/c1-8(2)14-7-11(3,4)13(5)9(6-12)10(14)15/h8-9H,6-7,12H2,1-5H3. The molecule has 1 aliphatic rings. The molecule has 1 unspecified atom stereocenters. The Labute approximate surface area is 92.4 Å². The van der Waals surface area contributed by atoms with Gasteiger partial charge in [-0.25, -0.2) is 0 Å². The summed E-state index contributed by atoms with van der Waals surface area (Å²) in [4.78, 5) is 16.1. The normalized spacial score (nSPS) is 27.5. The summed E-state index contributed by atoms with van der Waals surface area (Å²) in [6, 6.07) is 0.0793. The van der Waals surface area contributed by atoms with Crippen molar-refractivity contribution >= 4 is 5.91 Å². The third kappa shape index (κ3) is 2.16. The fraction of sp³-hybridized carbons (Fsp3) is 0.909. The monoisotopic (exact) mass is 213 g/mol. The van der Waals surface area contributed by atoms with Gasteiger partial charge in [-0.05, 0) is 34.7 Å². The van der Waals surface area contributed by atoms with Crippen molar-refractivity contribution in [3.05, 3.63) is 0 Å². The smallest absolute Gasteiger partial charge is 0.241 e. The quantitative estimate of drug-likeness (QED) is 0.716. The largest absolute Gasteiger partial charge is 0.337 e. The topological polar surface area (TPSA) is 49.6 Å². The van der Waals surface area contributed by atoms with Crippen LogP contribution in [0.4, 0.5) is 0 Å². The number of carbonyl (C=O) groups is 1. The number of hydrogen-bond acceptors (Lipinski definition) is 3.